The quantitative estimate of drug-likeness (QED) is 0.501. The second kappa shape index (κ2) is 8.92. The average molecular weight is 500 g/mol. The lowest BCUT2D eigenvalue weighted by Crippen LogP contribution is -2.59. The topological polar surface area (TPSA) is 122 Å². The molecule has 2 N–H and O–H groups in total. The summed E-state index contributed by atoms with van der Waals surface area (Å²) in [7, 11) is -3.89. The van der Waals surface area contributed by atoms with Gasteiger partial charge in [-0.05, 0) is 49.6 Å². The molecule has 1 aromatic heterocycles. The highest BCUT2D eigenvalue weighted by Gasteiger charge is 2.43. The van der Waals surface area contributed by atoms with E-state index in [-0.39, 0.29) is 21.4 Å². The Hall–Kier alpha value is -3.70. The smallest absolute Gasteiger partial charge is 0.340 e. The minimum absolute atomic E-state index is 0.0244. The van der Waals surface area contributed by atoms with Gasteiger partial charge < -0.3 is 10.1 Å². The number of rotatable bonds is 6. The summed E-state index contributed by atoms with van der Waals surface area (Å²) in [6.45, 7) is 2.54. The molecule has 3 aromatic rings. The first-order chi connectivity index (χ1) is 16.1. The number of esters is 1. The van der Waals surface area contributed by atoms with Crippen LogP contribution in [0.4, 0.5) is 17.1 Å². The molecule has 9 nitrogen and oxygen atoms in total. The van der Waals surface area contributed by atoms with Crippen molar-refractivity contribution in [1.29, 1.82) is 0 Å². The third-order valence-corrected chi connectivity index (χ3v) is 8.00. The number of anilines is 3. The van der Waals surface area contributed by atoms with Gasteiger partial charge in [0.05, 0.1) is 22.6 Å². The summed E-state index contributed by atoms with van der Waals surface area (Å²) in [5.74, 6) is -1.86. The highest BCUT2D eigenvalue weighted by atomic mass is 32.2. The third kappa shape index (κ3) is 4.39. The van der Waals surface area contributed by atoms with Crippen molar-refractivity contribution in [3.8, 4) is 0 Å². The first-order valence-electron chi connectivity index (χ1n) is 10.2. The number of fused-ring (bicyclic) bond motifs is 1. The van der Waals surface area contributed by atoms with Crippen molar-refractivity contribution in [2.24, 2.45) is 0 Å². The van der Waals surface area contributed by atoms with Crippen LogP contribution in [0.5, 0.6) is 0 Å². The van der Waals surface area contributed by atoms with Gasteiger partial charge >= 0.3 is 5.97 Å². The van der Waals surface area contributed by atoms with Crippen LogP contribution in [0.3, 0.4) is 0 Å². The van der Waals surface area contributed by atoms with Crippen molar-refractivity contribution in [1.82, 2.24) is 0 Å². The largest absolute Gasteiger partial charge is 0.452 e. The number of amides is 2. The van der Waals surface area contributed by atoms with E-state index in [1.807, 2.05) is 0 Å². The van der Waals surface area contributed by atoms with Crippen LogP contribution in [0.1, 0.15) is 24.2 Å². The minimum atomic E-state index is -3.89. The van der Waals surface area contributed by atoms with Crippen molar-refractivity contribution in [2.45, 2.75) is 23.6 Å². The monoisotopic (exact) mass is 499 g/mol. The molecule has 0 unspecified atom stereocenters. The van der Waals surface area contributed by atoms with Crippen molar-refractivity contribution in [2.75, 3.05) is 21.5 Å². The van der Waals surface area contributed by atoms with Crippen LogP contribution >= 0.6 is 11.3 Å². The molecule has 1 aliphatic heterocycles. The Labute approximate surface area is 200 Å². The summed E-state index contributed by atoms with van der Waals surface area (Å²) in [5.41, 5.74) is -0.286. The van der Waals surface area contributed by atoms with Crippen LogP contribution in [-0.2, 0) is 24.3 Å². The van der Waals surface area contributed by atoms with E-state index in [9.17, 15) is 22.8 Å². The number of hydrogen-bond donors (Lipinski definition) is 2. The van der Waals surface area contributed by atoms with Crippen LogP contribution in [0.25, 0.3) is 0 Å². The molecule has 0 fully saturated rings. The normalized spacial score (nSPS) is 14.6. The molecule has 11 heteroatoms. The number of nitrogens with zero attached hydrogens (tertiary/aromatic N) is 1. The molecule has 1 aliphatic rings. The number of ether oxygens (including phenoxy) is 1. The van der Waals surface area contributed by atoms with Crippen molar-refractivity contribution in [3.63, 3.8) is 0 Å². The Morgan fingerprint density at radius 3 is 2.50 bits per heavy atom. The number of para-hydroxylation sites is 3. The molecule has 0 saturated heterocycles. The van der Waals surface area contributed by atoms with E-state index < -0.39 is 34.0 Å². The standard InChI is InChI=1S/C23H21N3O6S2/c1-23(2)22(29)24-17-10-5-6-11-18(17)26(23)19(27)14-32-21(28)15-8-3-4-9-16(15)25-34(30,31)20-12-7-13-33-20/h3-13,25H,14H2,1-2H3,(H,24,29). The van der Waals surface area contributed by atoms with Gasteiger partial charge in [-0.1, -0.05) is 30.3 Å². The lowest BCUT2D eigenvalue weighted by Gasteiger charge is -2.41. The second-order valence-electron chi connectivity index (χ2n) is 7.92. The van der Waals surface area contributed by atoms with Crippen LogP contribution in [0.15, 0.2) is 70.3 Å². The van der Waals surface area contributed by atoms with Gasteiger partial charge in [0.2, 0.25) is 5.91 Å². The average Bonchev–Trinajstić information content (AvgIpc) is 3.34. The maximum absolute atomic E-state index is 13.1. The fourth-order valence-electron chi connectivity index (χ4n) is 3.53. The number of hydrogen-bond acceptors (Lipinski definition) is 7. The van der Waals surface area contributed by atoms with E-state index in [0.717, 1.165) is 11.3 Å². The lowest BCUT2D eigenvalue weighted by molar-refractivity contribution is -0.128. The van der Waals surface area contributed by atoms with Gasteiger partial charge in [-0.2, -0.15) is 0 Å². The van der Waals surface area contributed by atoms with E-state index in [1.165, 1.54) is 23.1 Å². The van der Waals surface area contributed by atoms with Gasteiger partial charge in [-0.15, -0.1) is 11.3 Å². The van der Waals surface area contributed by atoms with E-state index in [0.29, 0.717) is 11.4 Å². The van der Waals surface area contributed by atoms with Crippen LogP contribution in [0.2, 0.25) is 0 Å². The summed E-state index contributed by atoms with van der Waals surface area (Å²) in [6, 6.07) is 15.8. The Morgan fingerprint density at radius 1 is 1.06 bits per heavy atom. The molecule has 0 saturated carbocycles. The number of sulfonamides is 1. The summed E-state index contributed by atoms with van der Waals surface area (Å²) in [5, 5.41) is 4.39. The highest BCUT2D eigenvalue weighted by molar-refractivity contribution is 7.94. The fraction of sp³-hybridized carbons (Fsp3) is 0.174. The van der Waals surface area contributed by atoms with Crippen LogP contribution < -0.4 is 14.9 Å². The lowest BCUT2D eigenvalue weighted by atomic mass is 9.96. The molecule has 2 heterocycles. The first kappa shape index (κ1) is 23.5. The molecule has 2 amide bonds. The molecule has 4 rings (SSSR count). The molecule has 0 aliphatic carbocycles. The maximum Gasteiger partial charge on any atom is 0.340 e. The van der Waals surface area contributed by atoms with Gasteiger partial charge in [0.1, 0.15) is 9.75 Å². The summed E-state index contributed by atoms with van der Waals surface area (Å²) in [6.07, 6.45) is 0. The van der Waals surface area contributed by atoms with Crippen molar-refractivity contribution in [3.05, 3.63) is 71.6 Å². The number of nitrogens with one attached hydrogen (secondary N) is 2. The molecule has 176 valence electrons. The number of thiophene rings is 1. The fourth-order valence-corrected chi connectivity index (χ4v) is 5.60. The molecule has 0 bridgehead atoms. The Bertz CT molecular complexity index is 1370. The van der Waals surface area contributed by atoms with E-state index in [2.05, 4.69) is 10.0 Å². The minimum Gasteiger partial charge on any atom is -0.452 e. The van der Waals surface area contributed by atoms with Crippen molar-refractivity contribution >= 4 is 56.2 Å². The third-order valence-electron chi connectivity index (χ3n) is 5.24. The van der Waals surface area contributed by atoms with E-state index >= 15 is 0 Å². The zero-order valence-corrected chi connectivity index (χ0v) is 19.9. The SMILES string of the molecule is CC1(C)C(=O)Nc2ccccc2N1C(=O)COC(=O)c1ccccc1NS(=O)(=O)c1cccs1. The highest BCUT2D eigenvalue weighted by Crippen LogP contribution is 2.36. The Morgan fingerprint density at radius 2 is 1.76 bits per heavy atom. The Balaban J connectivity index is 1.53. The zero-order valence-electron chi connectivity index (χ0n) is 18.3. The van der Waals surface area contributed by atoms with Crippen molar-refractivity contribution < 1.29 is 27.5 Å². The molecule has 0 atom stereocenters. The molecular weight excluding hydrogens is 478 g/mol. The summed E-state index contributed by atoms with van der Waals surface area (Å²) < 4.78 is 32.9. The molecular formula is C23H21N3O6S2. The molecule has 2 aromatic carbocycles. The summed E-state index contributed by atoms with van der Waals surface area (Å²) in [4.78, 5) is 39.7. The molecule has 34 heavy (non-hydrogen) atoms. The van der Waals surface area contributed by atoms with Gasteiger partial charge in [0.15, 0.2) is 6.61 Å². The predicted molar refractivity (Wildman–Crippen MR) is 128 cm³/mol. The van der Waals surface area contributed by atoms with Gasteiger partial charge in [0.25, 0.3) is 15.9 Å². The molecule has 0 radical (unpaired) electrons. The van der Waals surface area contributed by atoms with Gasteiger partial charge in [-0.3, -0.25) is 19.2 Å². The summed E-state index contributed by atoms with van der Waals surface area (Å²) >= 11 is 1.04. The Kier molecular flexibility index (Phi) is 6.15. The number of carbonyl (C=O) groups is 3. The van der Waals surface area contributed by atoms with Crippen LogP contribution in [0, 0.1) is 0 Å². The van der Waals surface area contributed by atoms with Gasteiger partial charge in [-0.25, -0.2) is 13.2 Å². The number of benzene rings is 2. The predicted octanol–water partition coefficient (Wildman–Crippen LogP) is 3.47. The van der Waals surface area contributed by atoms with Crippen LogP contribution in [-0.4, -0.2) is 38.3 Å². The second-order valence-corrected chi connectivity index (χ2v) is 10.8. The van der Waals surface area contributed by atoms with E-state index in [4.69, 9.17) is 4.74 Å². The van der Waals surface area contributed by atoms with Gasteiger partial charge in [0, 0.05) is 0 Å². The molecule has 0 spiro atoms. The maximum atomic E-state index is 13.1. The first-order valence-corrected chi connectivity index (χ1v) is 12.5. The zero-order chi connectivity index (χ0) is 24.5. The van der Waals surface area contributed by atoms with E-state index in [1.54, 1.807) is 61.7 Å². The number of carbonyl (C=O) groups excluding carboxylic acids is 3.